The fraction of sp³-hybridized carbons (Fsp3) is 0.845. The molecular formula is C58H92O16. The average molecular weight is 1050 g/mol. The highest BCUT2D eigenvalue weighted by Gasteiger charge is 2.68. The molecule has 7 rings (SSSR count). The zero-order valence-corrected chi connectivity index (χ0v) is 46.7. The van der Waals surface area contributed by atoms with E-state index in [0.717, 1.165) is 12.0 Å². The van der Waals surface area contributed by atoms with Crippen LogP contribution in [0.15, 0.2) is 30.3 Å². The van der Waals surface area contributed by atoms with E-state index in [1.54, 1.807) is 13.8 Å². The lowest BCUT2D eigenvalue weighted by molar-refractivity contribution is -0.374. The number of ether oxygens (including phenoxy) is 9. The molecule has 0 bridgehead atoms. The Morgan fingerprint density at radius 1 is 0.757 bits per heavy atom. The van der Waals surface area contributed by atoms with Crippen LogP contribution < -0.4 is 0 Å². The monoisotopic (exact) mass is 1040 g/mol. The zero-order valence-electron chi connectivity index (χ0n) is 46.7. The van der Waals surface area contributed by atoms with E-state index in [-0.39, 0.29) is 61.0 Å². The molecule has 22 atom stereocenters. The Balaban J connectivity index is 1.03. The molecule has 0 unspecified atom stereocenters. The van der Waals surface area contributed by atoms with Gasteiger partial charge in [-0.15, -0.1) is 0 Å². The maximum Gasteiger partial charge on any atom is 0.311 e. The first kappa shape index (κ1) is 58.9. The van der Waals surface area contributed by atoms with E-state index in [4.69, 9.17) is 42.6 Å². The van der Waals surface area contributed by atoms with E-state index in [0.29, 0.717) is 70.6 Å². The van der Waals surface area contributed by atoms with Crippen LogP contribution in [0, 0.1) is 41.4 Å². The number of aliphatic hydroxyl groups is 4. The van der Waals surface area contributed by atoms with Gasteiger partial charge in [-0.3, -0.25) is 14.4 Å². The maximum absolute atomic E-state index is 13.3. The highest BCUT2D eigenvalue weighted by molar-refractivity contribution is 5.72. The number of rotatable bonds is 17. The van der Waals surface area contributed by atoms with Crippen LogP contribution in [-0.4, -0.2) is 127 Å². The number of esters is 3. The summed E-state index contributed by atoms with van der Waals surface area (Å²) < 4.78 is 58.0. The van der Waals surface area contributed by atoms with Gasteiger partial charge < -0.3 is 63.1 Å². The molecule has 0 aromatic heterocycles. The predicted octanol–water partition coefficient (Wildman–Crippen LogP) is 8.23. The van der Waals surface area contributed by atoms with E-state index in [9.17, 15) is 34.8 Å². The molecule has 6 saturated heterocycles. The van der Waals surface area contributed by atoms with Gasteiger partial charge in [-0.1, -0.05) is 78.8 Å². The van der Waals surface area contributed by atoms with Gasteiger partial charge in [-0.25, -0.2) is 0 Å². The topological polar surface area (TPSA) is 215 Å². The van der Waals surface area contributed by atoms with Crippen LogP contribution in [0.25, 0.3) is 0 Å². The smallest absolute Gasteiger partial charge is 0.311 e. The lowest BCUT2D eigenvalue weighted by atomic mass is 9.76. The molecule has 0 amide bonds. The first-order valence-corrected chi connectivity index (χ1v) is 28.1. The second-order valence-corrected chi connectivity index (χ2v) is 24.7. The molecule has 6 fully saturated rings. The molecule has 6 heterocycles. The molecule has 6 aliphatic rings. The first-order valence-electron chi connectivity index (χ1n) is 28.1. The van der Waals surface area contributed by atoms with Crippen molar-refractivity contribution < 1.29 is 77.4 Å². The van der Waals surface area contributed by atoms with Crippen LogP contribution in [0.3, 0.4) is 0 Å². The highest BCUT2D eigenvalue weighted by Crippen LogP contribution is 2.56. The second-order valence-electron chi connectivity index (χ2n) is 24.7. The summed E-state index contributed by atoms with van der Waals surface area (Å²) in [6.45, 7) is 23.9. The van der Waals surface area contributed by atoms with Crippen molar-refractivity contribution in [3.63, 3.8) is 0 Å². The normalized spacial score (nSPS) is 44.4. The summed E-state index contributed by atoms with van der Waals surface area (Å²) in [7, 11) is 0. The quantitative estimate of drug-likeness (QED) is 0.0854. The zero-order chi connectivity index (χ0) is 54.3. The van der Waals surface area contributed by atoms with E-state index < -0.39 is 100 Å². The Labute approximate surface area is 440 Å². The van der Waals surface area contributed by atoms with Crippen LogP contribution >= 0.6 is 0 Å². The van der Waals surface area contributed by atoms with Crippen molar-refractivity contribution in [3.8, 4) is 0 Å². The summed E-state index contributed by atoms with van der Waals surface area (Å²) in [6.07, 6.45) is 0.804. The van der Waals surface area contributed by atoms with Crippen molar-refractivity contribution >= 4 is 17.9 Å². The minimum absolute atomic E-state index is 0.00728. The standard InChI is InChI=1S/C58H92O16/c1-14-48-53(11,62)26-25-49(70-48)54(12)30-37(6)58(65,74-54)55(13)27-24-45(71-55)51(68-41(10)60)57(64)36(5)28-34(3)47(73-57)31-56(63)35(4)21-23-44(72-56)38(7)46(67-40(9)59)29-43-22-20-33(2)50(69-43)39(8)52(61)66-32-42-18-16-15-17-19-42/h15-19,33-39,43-51,62-65H,14,20-32H2,1-13H3/t33-,34-,35-,36+,37+,38+,39+,43+,44+,45-,46+,47+,48-,49+,50-,51+,53+,54-,55-,56+,57+,58+/m0/s1. The lowest BCUT2D eigenvalue weighted by Crippen LogP contribution is -2.64. The number of carbonyl (C=O) groups is 3. The Bertz CT molecular complexity index is 2070. The molecule has 74 heavy (non-hydrogen) atoms. The fourth-order valence-electron chi connectivity index (χ4n) is 13.8. The van der Waals surface area contributed by atoms with Gasteiger partial charge in [0.15, 0.2) is 17.7 Å². The molecule has 6 aliphatic heterocycles. The van der Waals surface area contributed by atoms with Crippen molar-refractivity contribution in [1.82, 2.24) is 0 Å². The van der Waals surface area contributed by atoms with E-state index in [1.807, 2.05) is 85.7 Å². The van der Waals surface area contributed by atoms with Crippen molar-refractivity contribution in [2.24, 2.45) is 41.4 Å². The third kappa shape index (κ3) is 12.2. The number of carbonyl (C=O) groups excluding carboxylic acids is 3. The van der Waals surface area contributed by atoms with Gasteiger partial charge in [0.2, 0.25) is 5.79 Å². The van der Waals surface area contributed by atoms with E-state index >= 15 is 0 Å². The van der Waals surface area contributed by atoms with Crippen molar-refractivity contribution in [2.75, 3.05) is 0 Å². The molecule has 1 aromatic carbocycles. The van der Waals surface area contributed by atoms with Crippen LogP contribution in [-0.2, 0) is 63.6 Å². The Morgan fingerprint density at radius 2 is 1.45 bits per heavy atom. The molecule has 0 aliphatic carbocycles. The Hall–Kier alpha value is -2.77. The SMILES string of the molecule is CC[C@@H]1O[C@@H]([C@]2(C)C[C@@H](C)[C@](O)([C@]3(C)CC[C@@H]([C@@H](OC(C)=O)[C@]4(O)O[C@H](C[C@@]5(O)O[C@@H]([C@@H](C)[C@@H](C[C@H]6CC[C@H](C)[C@@H]([C@@H](C)C(=O)OCc7ccccc7)O6)OC(C)=O)CC[C@@H]5C)[C@@H](C)C[C@H]4C)O3)O2)CC[C@@]1(C)O. The van der Waals surface area contributed by atoms with Gasteiger partial charge in [0, 0.05) is 50.4 Å². The summed E-state index contributed by atoms with van der Waals surface area (Å²) in [5, 5.41) is 49.1. The molecule has 1 aromatic rings. The second kappa shape index (κ2) is 22.9. The molecule has 0 saturated carbocycles. The van der Waals surface area contributed by atoms with Gasteiger partial charge in [-0.2, -0.15) is 0 Å². The highest BCUT2D eigenvalue weighted by atomic mass is 16.7. The van der Waals surface area contributed by atoms with E-state index in [2.05, 4.69) is 6.92 Å². The number of benzene rings is 1. The number of hydrogen-bond acceptors (Lipinski definition) is 16. The third-order valence-electron chi connectivity index (χ3n) is 18.7. The molecular weight excluding hydrogens is 953 g/mol. The van der Waals surface area contributed by atoms with Gasteiger partial charge in [0.05, 0.1) is 53.7 Å². The van der Waals surface area contributed by atoms with Gasteiger partial charge in [0.1, 0.15) is 24.4 Å². The first-order chi connectivity index (χ1) is 34.6. The summed E-state index contributed by atoms with van der Waals surface area (Å²) in [4.78, 5) is 39.0. The molecule has 0 radical (unpaired) electrons. The van der Waals surface area contributed by atoms with Crippen LogP contribution in [0.2, 0.25) is 0 Å². The van der Waals surface area contributed by atoms with Crippen LogP contribution in [0.5, 0.6) is 0 Å². The summed E-state index contributed by atoms with van der Waals surface area (Å²) in [6, 6.07) is 9.55. The molecule has 16 nitrogen and oxygen atoms in total. The largest absolute Gasteiger partial charge is 0.462 e. The predicted molar refractivity (Wildman–Crippen MR) is 272 cm³/mol. The van der Waals surface area contributed by atoms with Gasteiger partial charge in [-0.05, 0) is 116 Å². The molecule has 0 spiro atoms. The van der Waals surface area contributed by atoms with Crippen LogP contribution in [0.4, 0.5) is 0 Å². The summed E-state index contributed by atoms with van der Waals surface area (Å²) in [5.41, 5.74) is -2.23. The van der Waals surface area contributed by atoms with Crippen molar-refractivity contribution in [2.45, 2.75) is 269 Å². The van der Waals surface area contributed by atoms with E-state index in [1.165, 1.54) is 13.8 Å². The molecule has 16 heteroatoms. The minimum Gasteiger partial charge on any atom is -0.462 e. The Kier molecular flexibility index (Phi) is 18.2. The average Bonchev–Trinajstić information content (AvgIpc) is 3.86. The van der Waals surface area contributed by atoms with Crippen molar-refractivity contribution in [3.05, 3.63) is 35.9 Å². The van der Waals surface area contributed by atoms with Crippen LogP contribution in [0.1, 0.15) is 179 Å². The Morgan fingerprint density at radius 3 is 2.11 bits per heavy atom. The minimum atomic E-state index is -2.06. The molecule has 420 valence electrons. The number of hydrogen-bond donors (Lipinski definition) is 4. The van der Waals surface area contributed by atoms with Gasteiger partial charge >= 0.3 is 17.9 Å². The van der Waals surface area contributed by atoms with Crippen molar-refractivity contribution in [1.29, 1.82) is 0 Å². The summed E-state index contributed by atoms with van der Waals surface area (Å²) >= 11 is 0. The summed E-state index contributed by atoms with van der Waals surface area (Å²) in [5.74, 6) is -9.18. The van der Waals surface area contributed by atoms with Gasteiger partial charge in [0.25, 0.3) is 0 Å². The maximum atomic E-state index is 13.3. The lowest BCUT2D eigenvalue weighted by Gasteiger charge is -2.52. The molecule has 4 N–H and O–H groups in total. The third-order valence-corrected chi connectivity index (χ3v) is 18.7. The fourth-order valence-corrected chi connectivity index (χ4v) is 13.8.